The number of nitrogens with one attached hydrogen (secondary N) is 1. The van der Waals surface area contributed by atoms with Gasteiger partial charge in [-0.2, -0.15) is 0 Å². The van der Waals surface area contributed by atoms with E-state index in [1.54, 1.807) is 4.90 Å². The molecule has 1 amide bonds. The standard InChI is InChI=1S/C13H18N4O4/c14-10-7-9(13(19)20)8-16-12(10)15-2-1-11(18)17-3-5-21-6-4-17/h7-8H,1-6,14H2,(H,15,16)(H,19,20). The number of nitrogens with two attached hydrogens (primary N) is 1. The fourth-order valence-electron chi connectivity index (χ4n) is 2.01. The number of hydrogen-bond donors (Lipinski definition) is 3. The number of carboxylic acid groups (broad SMARTS) is 1. The van der Waals surface area contributed by atoms with Crippen LogP contribution in [0.5, 0.6) is 0 Å². The molecule has 1 aromatic heterocycles. The van der Waals surface area contributed by atoms with Gasteiger partial charge in [0, 0.05) is 32.3 Å². The first-order valence-electron chi connectivity index (χ1n) is 6.66. The molecule has 0 unspecified atom stereocenters. The second-order valence-corrected chi connectivity index (χ2v) is 4.64. The van der Waals surface area contributed by atoms with Crippen LogP contribution in [0, 0.1) is 0 Å². The molecule has 4 N–H and O–H groups in total. The molecule has 0 saturated carbocycles. The minimum atomic E-state index is -1.08. The van der Waals surface area contributed by atoms with Gasteiger partial charge in [0.2, 0.25) is 5.91 Å². The van der Waals surface area contributed by atoms with Crippen molar-refractivity contribution in [1.29, 1.82) is 0 Å². The lowest BCUT2D eigenvalue weighted by molar-refractivity contribution is -0.134. The minimum absolute atomic E-state index is 0.0300. The fraction of sp³-hybridized carbons (Fsp3) is 0.462. The summed E-state index contributed by atoms with van der Waals surface area (Å²) in [6.45, 7) is 2.77. The van der Waals surface area contributed by atoms with E-state index in [2.05, 4.69) is 10.3 Å². The molecule has 1 aromatic rings. The summed E-state index contributed by atoms with van der Waals surface area (Å²) in [5, 5.41) is 11.8. The largest absolute Gasteiger partial charge is 0.478 e. The first kappa shape index (κ1) is 15.0. The molecule has 0 spiro atoms. The molecule has 1 fully saturated rings. The lowest BCUT2D eigenvalue weighted by Crippen LogP contribution is -2.41. The van der Waals surface area contributed by atoms with E-state index in [4.69, 9.17) is 15.6 Å². The third-order valence-corrected chi connectivity index (χ3v) is 3.16. The Morgan fingerprint density at radius 3 is 2.76 bits per heavy atom. The average Bonchev–Trinajstić information content (AvgIpc) is 2.49. The predicted octanol–water partition coefficient (Wildman–Crippen LogP) is 0.0228. The maximum Gasteiger partial charge on any atom is 0.337 e. The van der Waals surface area contributed by atoms with Crippen molar-refractivity contribution in [2.24, 2.45) is 0 Å². The Morgan fingerprint density at radius 2 is 2.14 bits per heavy atom. The van der Waals surface area contributed by atoms with Gasteiger partial charge in [-0.1, -0.05) is 0 Å². The van der Waals surface area contributed by atoms with E-state index in [1.165, 1.54) is 12.3 Å². The molecule has 0 aromatic carbocycles. The molecule has 8 heteroatoms. The number of hydrogen-bond acceptors (Lipinski definition) is 6. The Balaban J connectivity index is 1.83. The molecule has 1 saturated heterocycles. The van der Waals surface area contributed by atoms with Gasteiger partial charge in [-0.15, -0.1) is 0 Å². The van der Waals surface area contributed by atoms with Gasteiger partial charge in [-0.25, -0.2) is 9.78 Å². The number of aromatic carboxylic acids is 1. The van der Waals surface area contributed by atoms with E-state index in [-0.39, 0.29) is 17.2 Å². The summed E-state index contributed by atoms with van der Waals surface area (Å²) >= 11 is 0. The number of nitrogen functional groups attached to an aromatic ring is 1. The van der Waals surface area contributed by atoms with E-state index in [0.717, 1.165) is 0 Å². The van der Waals surface area contributed by atoms with Gasteiger partial charge < -0.3 is 25.8 Å². The lowest BCUT2D eigenvalue weighted by atomic mass is 10.2. The van der Waals surface area contributed by atoms with Gasteiger partial charge in [0.05, 0.1) is 24.5 Å². The monoisotopic (exact) mass is 294 g/mol. The van der Waals surface area contributed by atoms with E-state index >= 15 is 0 Å². The van der Waals surface area contributed by atoms with Crippen LogP contribution in [0.25, 0.3) is 0 Å². The number of carbonyl (C=O) groups is 2. The average molecular weight is 294 g/mol. The number of carboxylic acids is 1. The van der Waals surface area contributed by atoms with Crippen LogP contribution in [0.4, 0.5) is 11.5 Å². The van der Waals surface area contributed by atoms with Crippen molar-refractivity contribution in [3.05, 3.63) is 17.8 Å². The van der Waals surface area contributed by atoms with Crippen molar-refractivity contribution in [3.63, 3.8) is 0 Å². The number of carbonyl (C=O) groups excluding carboxylic acids is 1. The summed E-state index contributed by atoms with van der Waals surface area (Å²) in [7, 11) is 0. The highest BCUT2D eigenvalue weighted by Crippen LogP contribution is 2.16. The number of anilines is 2. The highest BCUT2D eigenvalue weighted by molar-refractivity contribution is 5.89. The van der Waals surface area contributed by atoms with Gasteiger partial charge >= 0.3 is 5.97 Å². The zero-order chi connectivity index (χ0) is 15.2. The molecule has 1 aliphatic rings. The van der Waals surface area contributed by atoms with Crippen LogP contribution in [0.1, 0.15) is 16.8 Å². The Labute approximate surface area is 121 Å². The summed E-state index contributed by atoms with van der Waals surface area (Å²) < 4.78 is 5.19. The maximum absolute atomic E-state index is 11.9. The number of nitrogens with zero attached hydrogens (tertiary/aromatic N) is 2. The summed E-state index contributed by atoms with van der Waals surface area (Å²) in [5.74, 6) is -0.649. The van der Waals surface area contributed by atoms with Crippen molar-refractivity contribution in [1.82, 2.24) is 9.88 Å². The summed E-state index contributed by atoms with van der Waals surface area (Å²) in [6.07, 6.45) is 1.55. The quantitative estimate of drug-likeness (QED) is 0.700. The summed E-state index contributed by atoms with van der Waals surface area (Å²) in [5.41, 5.74) is 5.99. The number of aromatic nitrogens is 1. The number of rotatable bonds is 5. The number of pyridine rings is 1. The molecule has 0 radical (unpaired) electrons. The normalized spacial score (nSPS) is 14.8. The van der Waals surface area contributed by atoms with Gasteiger partial charge in [0.25, 0.3) is 0 Å². The van der Waals surface area contributed by atoms with Crippen LogP contribution >= 0.6 is 0 Å². The summed E-state index contributed by atoms with van der Waals surface area (Å²) in [4.78, 5) is 28.4. The molecule has 2 rings (SSSR count). The van der Waals surface area contributed by atoms with Crippen LogP contribution in [0.2, 0.25) is 0 Å². The molecule has 2 heterocycles. The molecular formula is C13H18N4O4. The van der Waals surface area contributed by atoms with Crippen LogP contribution in [-0.2, 0) is 9.53 Å². The van der Waals surface area contributed by atoms with E-state index < -0.39 is 5.97 Å². The van der Waals surface area contributed by atoms with Crippen LogP contribution in [0.3, 0.4) is 0 Å². The van der Waals surface area contributed by atoms with Gasteiger partial charge in [-0.05, 0) is 6.07 Å². The van der Waals surface area contributed by atoms with Gasteiger partial charge in [0.15, 0.2) is 0 Å². The molecule has 114 valence electrons. The molecule has 0 atom stereocenters. The van der Waals surface area contributed by atoms with Crippen molar-refractivity contribution in [3.8, 4) is 0 Å². The molecular weight excluding hydrogens is 276 g/mol. The van der Waals surface area contributed by atoms with Gasteiger partial charge in [-0.3, -0.25) is 4.79 Å². The second kappa shape index (κ2) is 6.89. The highest BCUT2D eigenvalue weighted by Gasteiger charge is 2.16. The third kappa shape index (κ3) is 4.06. The third-order valence-electron chi connectivity index (χ3n) is 3.16. The van der Waals surface area contributed by atoms with Crippen molar-refractivity contribution >= 4 is 23.4 Å². The Bertz CT molecular complexity index is 529. The Hall–Kier alpha value is -2.35. The summed E-state index contributed by atoms with van der Waals surface area (Å²) in [6, 6.07) is 1.33. The smallest absolute Gasteiger partial charge is 0.337 e. The topological polar surface area (TPSA) is 118 Å². The highest BCUT2D eigenvalue weighted by atomic mass is 16.5. The molecule has 1 aliphatic heterocycles. The van der Waals surface area contributed by atoms with Crippen LogP contribution in [-0.4, -0.2) is 59.7 Å². The maximum atomic E-state index is 11.9. The minimum Gasteiger partial charge on any atom is -0.478 e. The van der Waals surface area contributed by atoms with Crippen LogP contribution < -0.4 is 11.1 Å². The Kier molecular flexibility index (Phi) is 4.94. The second-order valence-electron chi connectivity index (χ2n) is 4.64. The van der Waals surface area contributed by atoms with E-state index in [0.29, 0.717) is 45.1 Å². The molecule has 21 heavy (non-hydrogen) atoms. The molecule has 0 aliphatic carbocycles. The molecule has 0 bridgehead atoms. The van der Waals surface area contributed by atoms with Crippen molar-refractivity contribution in [2.45, 2.75) is 6.42 Å². The van der Waals surface area contributed by atoms with Gasteiger partial charge in [0.1, 0.15) is 5.82 Å². The first-order chi connectivity index (χ1) is 10.1. The van der Waals surface area contributed by atoms with Crippen LogP contribution in [0.15, 0.2) is 12.3 Å². The van der Waals surface area contributed by atoms with E-state index in [1.807, 2.05) is 0 Å². The van der Waals surface area contributed by atoms with Crippen molar-refractivity contribution in [2.75, 3.05) is 43.9 Å². The predicted molar refractivity (Wildman–Crippen MR) is 76.1 cm³/mol. The zero-order valence-electron chi connectivity index (χ0n) is 11.5. The Morgan fingerprint density at radius 1 is 1.43 bits per heavy atom. The zero-order valence-corrected chi connectivity index (χ0v) is 11.5. The number of amides is 1. The first-order valence-corrected chi connectivity index (χ1v) is 6.66. The van der Waals surface area contributed by atoms with Crippen molar-refractivity contribution < 1.29 is 19.4 Å². The number of ether oxygens (including phenoxy) is 1. The van der Waals surface area contributed by atoms with E-state index in [9.17, 15) is 9.59 Å². The SMILES string of the molecule is Nc1cc(C(=O)O)cnc1NCCC(=O)N1CCOCC1. The fourth-order valence-corrected chi connectivity index (χ4v) is 2.01. The number of morpholine rings is 1. The lowest BCUT2D eigenvalue weighted by Gasteiger charge is -2.26. The molecule has 8 nitrogen and oxygen atoms in total.